The zero-order valence-corrected chi connectivity index (χ0v) is 18.5. The first kappa shape index (κ1) is 20.6. The average molecular weight is 435 g/mol. The van der Waals surface area contributed by atoms with Gasteiger partial charge in [0.25, 0.3) is 0 Å². The highest BCUT2D eigenvalue weighted by atomic mass is 19.1. The van der Waals surface area contributed by atoms with Crippen molar-refractivity contribution in [2.75, 3.05) is 0 Å². The van der Waals surface area contributed by atoms with E-state index < -0.39 is 0 Å². The number of allylic oxidation sites excluding steroid dienone is 1. The number of H-pyrrole nitrogens is 2. The minimum Gasteiger partial charge on any atom is -0.353 e. The van der Waals surface area contributed by atoms with E-state index in [2.05, 4.69) is 32.8 Å². The van der Waals surface area contributed by atoms with Crippen molar-refractivity contribution in [3.05, 3.63) is 101 Å². The molecule has 0 spiro atoms. The molecule has 4 nitrogen and oxygen atoms in total. The van der Waals surface area contributed by atoms with Crippen LogP contribution in [0.25, 0.3) is 51.1 Å². The summed E-state index contributed by atoms with van der Waals surface area (Å²) in [6.45, 7) is 8.11. The van der Waals surface area contributed by atoms with E-state index in [0.29, 0.717) is 0 Å². The third kappa shape index (κ3) is 3.89. The van der Waals surface area contributed by atoms with Gasteiger partial charge in [0.1, 0.15) is 11.5 Å². The molecule has 2 aromatic carbocycles. The molecule has 5 rings (SSSR count). The van der Waals surface area contributed by atoms with Gasteiger partial charge in [0, 0.05) is 28.5 Å². The highest BCUT2D eigenvalue weighted by molar-refractivity contribution is 5.98. The second kappa shape index (κ2) is 8.36. The normalized spacial score (nSPS) is 12.6. The molecule has 0 atom stereocenters. The van der Waals surface area contributed by atoms with Crippen LogP contribution in [0.4, 0.5) is 4.39 Å². The number of hydrogen-bond acceptors (Lipinski definition) is 2. The molecule has 5 heteroatoms. The van der Waals surface area contributed by atoms with Crippen LogP contribution in [0.2, 0.25) is 0 Å². The summed E-state index contributed by atoms with van der Waals surface area (Å²) < 4.78 is 14.1. The van der Waals surface area contributed by atoms with Crippen LogP contribution in [-0.4, -0.2) is 20.2 Å². The highest BCUT2D eigenvalue weighted by Crippen LogP contribution is 2.32. The first-order valence-corrected chi connectivity index (χ1v) is 10.7. The zero-order chi connectivity index (χ0) is 22.9. The van der Waals surface area contributed by atoms with Gasteiger partial charge in [0.05, 0.1) is 11.0 Å². The summed E-state index contributed by atoms with van der Waals surface area (Å²) in [5.74, 6) is -0.236. The molecule has 2 N–H and O–H groups in total. The highest BCUT2D eigenvalue weighted by Gasteiger charge is 2.13. The van der Waals surface area contributed by atoms with Crippen LogP contribution in [0.1, 0.15) is 18.1 Å². The number of aryl methyl sites for hydroxylation is 1. The maximum Gasteiger partial charge on any atom is 0.124 e. The predicted octanol–water partition coefficient (Wildman–Crippen LogP) is 5.36. The van der Waals surface area contributed by atoms with Crippen LogP contribution in [0, 0.1) is 12.7 Å². The fourth-order valence-electron chi connectivity index (χ4n) is 4.19. The monoisotopic (exact) mass is 434 g/mol. The third-order valence-corrected chi connectivity index (χ3v) is 5.76. The zero-order valence-electron chi connectivity index (χ0n) is 18.5. The van der Waals surface area contributed by atoms with Crippen molar-refractivity contribution in [1.82, 2.24) is 20.2 Å². The Hall–Kier alpha value is -4.25. The average Bonchev–Trinajstić information content (AvgIpc) is 3.42. The van der Waals surface area contributed by atoms with E-state index in [0.717, 1.165) is 60.7 Å². The molecule has 0 aliphatic heterocycles. The predicted molar refractivity (Wildman–Crippen MR) is 133 cm³/mol. The second-order valence-electron chi connectivity index (χ2n) is 8.06. The third-order valence-electron chi connectivity index (χ3n) is 5.76. The lowest BCUT2D eigenvalue weighted by Gasteiger charge is -2.05. The number of pyridine rings is 1. The molecule has 3 heterocycles. The Balaban J connectivity index is 1.68. The van der Waals surface area contributed by atoms with Crippen LogP contribution >= 0.6 is 0 Å². The Bertz CT molecular complexity index is 1590. The van der Waals surface area contributed by atoms with Gasteiger partial charge in [-0.15, -0.1) is 0 Å². The van der Waals surface area contributed by atoms with E-state index in [-0.39, 0.29) is 5.82 Å². The summed E-state index contributed by atoms with van der Waals surface area (Å²) in [5, 5.41) is 10.6. The standard InChI is InChI=1S/C28H23FN4/c1-4-25-24(14-18(3)19-8-10-30-11-9-19)28(33-32-25)27-16-23-22(6-5-7-26(23)31-27)20-12-17(2)13-21(29)15-20/h4-16,31-32H,3H2,1-2H3/b24-14+,25-4+. The molecule has 0 unspecified atom stereocenters. The number of halogens is 1. The van der Waals surface area contributed by atoms with Gasteiger partial charge < -0.3 is 4.98 Å². The Morgan fingerprint density at radius 3 is 2.64 bits per heavy atom. The van der Waals surface area contributed by atoms with Crippen LogP contribution in [0.15, 0.2) is 73.6 Å². The van der Waals surface area contributed by atoms with Crippen LogP contribution < -0.4 is 10.6 Å². The largest absolute Gasteiger partial charge is 0.353 e. The molecule has 0 bridgehead atoms. The molecule has 0 aliphatic rings. The molecule has 162 valence electrons. The molecular weight excluding hydrogens is 411 g/mol. The number of nitrogens with one attached hydrogen (secondary N) is 2. The van der Waals surface area contributed by atoms with E-state index >= 15 is 0 Å². The molecule has 0 saturated heterocycles. The van der Waals surface area contributed by atoms with Crippen molar-refractivity contribution in [1.29, 1.82) is 0 Å². The Morgan fingerprint density at radius 2 is 1.88 bits per heavy atom. The summed E-state index contributed by atoms with van der Waals surface area (Å²) in [6, 6.07) is 17.1. The number of benzene rings is 2. The van der Waals surface area contributed by atoms with Crippen molar-refractivity contribution >= 4 is 28.6 Å². The summed E-state index contributed by atoms with van der Waals surface area (Å²) in [5.41, 5.74) is 7.23. The fraction of sp³-hybridized carbons (Fsp3) is 0.0714. The molecule has 3 aromatic heterocycles. The minimum absolute atomic E-state index is 0.236. The topological polar surface area (TPSA) is 57.4 Å². The van der Waals surface area contributed by atoms with E-state index in [1.54, 1.807) is 18.5 Å². The molecule has 0 fully saturated rings. The van der Waals surface area contributed by atoms with Crippen LogP contribution in [0.5, 0.6) is 0 Å². The van der Waals surface area contributed by atoms with E-state index in [4.69, 9.17) is 0 Å². The molecule has 0 saturated carbocycles. The fourth-order valence-corrected chi connectivity index (χ4v) is 4.19. The summed E-state index contributed by atoms with van der Waals surface area (Å²) in [6.07, 6.45) is 7.54. The lowest BCUT2D eigenvalue weighted by atomic mass is 9.99. The molecule has 5 aromatic rings. The van der Waals surface area contributed by atoms with Gasteiger partial charge in [-0.1, -0.05) is 30.9 Å². The van der Waals surface area contributed by atoms with Crippen molar-refractivity contribution in [3.63, 3.8) is 0 Å². The number of fused-ring (bicyclic) bond motifs is 1. The molecule has 0 radical (unpaired) electrons. The van der Waals surface area contributed by atoms with Gasteiger partial charge in [-0.25, -0.2) is 4.39 Å². The number of nitrogens with zero attached hydrogens (tertiary/aromatic N) is 2. The maximum atomic E-state index is 14.1. The van der Waals surface area contributed by atoms with Crippen molar-refractivity contribution in [2.24, 2.45) is 0 Å². The summed E-state index contributed by atoms with van der Waals surface area (Å²) in [4.78, 5) is 7.58. The van der Waals surface area contributed by atoms with Crippen molar-refractivity contribution in [3.8, 4) is 22.5 Å². The summed E-state index contributed by atoms with van der Waals surface area (Å²) in [7, 11) is 0. The van der Waals surface area contributed by atoms with Crippen molar-refractivity contribution < 1.29 is 4.39 Å². The van der Waals surface area contributed by atoms with Crippen LogP contribution in [0.3, 0.4) is 0 Å². The second-order valence-corrected chi connectivity index (χ2v) is 8.06. The van der Waals surface area contributed by atoms with Gasteiger partial charge in [0.2, 0.25) is 0 Å². The van der Waals surface area contributed by atoms with Crippen molar-refractivity contribution in [2.45, 2.75) is 13.8 Å². The molecule has 0 aliphatic carbocycles. The van der Waals surface area contributed by atoms with Gasteiger partial charge in [-0.05, 0) is 84.1 Å². The van der Waals surface area contributed by atoms with Gasteiger partial charge in [-0.2, -0.15) is 5.10 Å². The summed E-state index contributed by atoms with van der Waals surface area (Å²) >= 11 is 0. The SMILES string of the molecule is C=C(/C=c1/c(-c2cc3c(-c4cc(C)cc(F)c4)cccc3[nH]2)n[nH]/c1=C/C)c1ccncc1. The van der Waals surface area contributed by atoms with E-state index in [9.17, 15) is 4.39 Å². The lowest BCUT2D eigenvalue weighted by molar-refractivity contribution is 0.627. The van der Waals surface area contributed by atoms with E-state index in [1.165, 1.54) is 6.07 Å². The van der Waals surface area contributed by atoms with Gasteiger partial charge >= 0.3 is 0 Å². The Morgan fingerprint density at radius 1 is 1.06 bits per heavy atom. The minimum atomic E-state index is -0.236. The first-order valence-electron chi connectivity index (χ1n) is 10.7. The van der Waals surface area contributed by atoms with E-state index in [1.807, 2.05) is 62.4 Å². The number of aromatic nitrogens is 4. The smallest absolute Gasteiger partial charge is 0.124 e. The molecule has 33 heavy (non-hydrogen) atoms. The number of aromatic amines is 2. The quantitative estimate of drug-likeness (QED) is 0.400. The van der Waals surface area contributed by atoms with Crippen LogP contribution in [-0.2, 0) is 0 Å². The Kier molecular flexibility index (Phi) is 5.23. The maximum absolute atomic E-state index is 14.1. The lowest BCUT2D eigenvalue weighted by Crippen LogP contribution is -2.23. The molecule has 0 amide bonds. The van der Waals surface area contributed by atoms with Gasteiger partial charge in [-0.3, -0.25) is 10.1 Å². The number of rotatable bonds is 4. The first-order chi connectivity index (χ1) is 16.0. The van der Waals surface area contributed by atoms with Gasteiger partial charge in [0.15, 0.2) is 0 Å². The Labute approximate surface area is 190 Å². The molecular formula is C28H23FN4. The number of hydrogen-bond donors (Lipinski definition) is 2.